The van der Waals surface area contributed by atoms with Gasteiger partial charge in [-0.2, -0.15) is 0 Å². The van der Waals surface area contributed by atoms with Gasteiger partial charge in [0.25, 0.3) is 0 Å². The van der Waals surface area contributed by atoms with Crippen molar-refractivity contribution in [2.24, 2.45) is 0 Å². The average Bonchev–Trinajstić information content (AvgIpc) is 2.74. The molecule has 18 heavy (non-hydrogen) atoms. The van der Waals surface area contributed by atoms with Crippen LogP contribution in [0.25, 0.3) is 5.69 Å². The first-order valence-electron chi connectivity index (χ1n) is 5.59. The van der Waals surface area contributed by atoms with Gasteiger partial charge in [0.1, 0.15) is 5.69 Å². The molecule has 0 bridgehead atoms. The predicted octanol–water partition coefficient (Wildman–Crippen LogP) is 3.27. The van der Waals surface area contributed by atoms with Crippen molar-refractivity contribution in [2.75, 3.05) is 7.05 Å². The van der Waals surface area contributed by atoms with Crippen LogP contribution in [0.1, 0.15) is 24.4 Å². The number of nitrogens with one attached hydrogen (secondary N) is 1. The third-order valence-corrected chi connectivity index (χ3v) is 4.14. The van der Waals surface area contributed by atoms with E-state index in [4.69, 9.17) is 11.6 Å². The molecule has 0 spiro atoms. The Morgan fingerprint density at radius 2 is 2.17 bits per heavy atom. The third-order valence-electron chi connectivity index (χ3n) is 2.92. The lowest BCUT2D eigenvalue weighted by Gasteiger charge is -2.08. The van der Waals surface area contributed by atoms with Crippen molar-refractivity contribution in [3.63, 3.8) is 0 Å². The molecule has 0 amide bonds. The van der Waals surface area contributed by atoms with Crippen LogP contribution in [0.4, 0.5) is 0 Å². The molecule has 0 saturated carbocycles. The Hall–Kier alpha value is -0.910. The molecule has 6 heteroatoms. The SMILES string of the molecule is CNC(C)c1nnn(-c2ccc(Cl)c(Br)c2)c1C. The molecule has 1 atom stereocenters. The molecule has 0 fully saturated rings. The molecular weight excluding hydrogens is 316 g/mol. The van der Waals surface area contributed by atoms with Crippen molar-refractivity contribution in [3.8, 4) is 5.69 Å². The molecule has 4 nitrogen and oxygen atoms in total. The molecule has 0 aliphatic rings. The first-order chi connectivity index (χ1) is 8.54. The minimum Gasteiger partial charge on any atom is -0.312 e. The number of hydrogen-bond acceptors (Lipinski definition) is 3. The van der Waals surface area contributed by atoms with Gasteiger partial charge in [0, 0.05) is 4.47 Å². The average molecular weight is 330 g/mol. The van der Waals surface area contributed by atoms with Crippen molar-refractivity contribution in [1.29, 1.82) is 0 Å². The van der Waals surface area contributed by atoms with E-state index in [1.165, 1.54) is 0 Å². The Bertz CT molecular complexity index is 567. The Kier molecular flexibility index (Phi) is 4.04. The van der Waals surface area contributed by atoms with Crippen molar-refractivity contribution < 1.29 is 0 Å². The second-order valence-corrected chi connectivity index (χ2v) is 5.34. The van der Waals surface area contributed by atoms with Crippen LogP contribution in [0.5, 0.6) is 0 Å². The van der Waals surface area contributed by atoms with E-state index >= 15 is 0 Å². The Balaban J connectivity index is 2.45. The summed E-state index contributed by atoms with van der Waals surface area (Å²) >= 11 is 9.40. The smallest absolute Gasteiger partial charge is 0.103 e. The van der Waals surface area contributed by atoms with E-state index in [-0.39, 0.29) is 6.04 Å². The van der Waals surface area contributed by atoms with Crippen LogP contribution in [0, 0.1) is 6.92 Å². The summed E-state index contributed by atoms with van der Waals surface area (Å²) in [5, 5.41) is 12.2. The van der Waals surface area contributed by atoms with Gasteiger partial charge in [0.15, 0.2) is 0 Å². The second kappa shape index (κ2) is 5.38. The molecule has 1 aromatic heterocycles. The van der Waals surface area contributed by atoms with Gasteiger partial charge in [-0.25, -0.2) is 4.68 Å². The van der Waals surface area contributed by atoms with Crippen LogP contribution >= 0.6 is 27.5 Å². The summed E-state index contributed by atoms with van der Waals surface area (Å²) in [6, 6.07) is 5.86. The highest BCUT2D eigenvalue weighted by Crippen LogP contribution is 2.26. The first-order valence-corrected chi connectivity index (χ1v) is 6.76. The lowest BCUT2D eigenvalue weighted by atomic mass is 10.2. The Labute approximate surface area is 119 Å². The summed E-state index contributed by atoms with van der Waals surface area (Å²) in [7, 11) is 1.90. The van der Waals surface area contributed by atoms with E-state index in [1.807, 2.05) is 36.9 Å². The topological polar surface area (TPSA) is 42.7 Å². The van der Waals surface area contributed by atoms with Crippen molar-refractivity contribution in [1.82, 2.24) is 20.3 Å². The van der Waals surface area contributed by atoms with E-state index in [1.54, 1.807) is 0 Å². The fourth-order valence-electron chi connectivity index (χ4n) is 1.74. The highest BCUT2D eigenvalue weighted by Gasteiger charge is 2.15. The van der Waals surface area contributed by atoms with Gasteiger partial charge < -0.3 is 5.32 Å². The summed E-state index contributed by atoms with van der Waals surface area (Å²) in [5.74, 6) is 0. The zero-order chi connectivity index (χ0) is 13.3. The fourth-order valence-corrected chi connectivity index (χ4v) is 2.22. The highest BCUT2D eigenvalue weighted by atomic mass is 79.9. The van der Waals surface area contributed by atoms with Crippen LogP contribution in [0.3, 0.4) is 0 Å². The van der Waals surface area contributed by atoms with Gasteiger partial charge in [-0.3, -0.25) is 0 Å². The molecule has 0 radical (unpaired) electrons. The van der Waals surface area contributed by atoms with E-state index in [0.717, 1.165) is 21.5 Å². The number of hydrogen-bond donors (Lipinski definition) is 1. The van der Waals surface area contributed by atoms with Crippen molar-refractivity contribution >= 4 is 27.5 Å². The number of rotatable bonds is 3. The summed E-state index contributed by atoms with van der Waals surface area (Å²) in [5.41, 5.74) is 2.90. The van der Waals surface area contributed by atoms with Crippen LogP contribution in [0.2, 0.25) is 5.02 Å². The van der Waals surface area contributed by atoms with E-state index in [9.17, 15) is 0 Å². The second-order valence-electron chi connectivity index (χ2n) is 4.08. The highest BCUT2D eigenvalue weighted by molar-refractivity contribution is 9.10. The molecule has 0 saturated heterocycles. The molecule has 2 rings (SSSR count). The standard InChI is InChI=1S/C12H14BrClN4/c1-7(15-3)12-8(2)18(17-16-12)9-4-5-11(14)10(13)6-9/h4-7,15H,1-3H3. The van der Waals surface area contributed by atoms with Crippen LogP contribution < -0.4 is 5.32 Å². The third kappa shape index (κ3) is 2.43. The molecule has 0 aliphatic heterocycles. The minimum absolute atomic E-state index is 0.175. The number of nitrogens with zero attached hydrogens (tertiary/aromatic N) is 3. The molecule has 1 aromatic carbocycles. The Morgan fingerprint density at radius 1 is 1.44 bits per heavy atom. The van der Waals surface area contributed by atoms with Crippen molar-refractivity contribution in [2.45, 2.75) is 19.9 Å². The summed E-state index contributed by atoms with van der Waals surface area (Å²) in [6.07, 6.45) is 0. The number of benzene rings is 1. The van der Waals surface area contributed by atoms with Gasteiger partial charge in [0.2, 0.25) is 0 Å². The van der Waals surface area contributed by atoms with Gasteiger partial charge in [-0.1, -0.05) is 16.8 Å². The molecule has 96 valence electrons. The minimum atomic E-state index is 0.175. The normalized spacial score (nSPS) is 12.7. The van der Waals surface area contributed by atoms with Gasteiger partial charge in [0.05, 0.1) is 22.4 Å². The summed E-state index contributed by atoms with van der Waals surface area (Å²) in [6.45, 7) is 4.06. The molecule has 1 heterocycles. The maximum Gasteiger partial charge on any atom is 0.103 e. The summed E-state index contributed by atoms with van der Waals surface area (Å²) in [4.78, 5) is 0. The fraction of sp³-hybridized carbons (Fsp3) is 0.333. The van der Waals surface area contributed by atoms with Crippen LogP contribution in [-0.2, 0) is 0 Å². The summed E-state index contributed by atoms with van der Waals surface area (Å²) < 4.78 is 2.66. The van der Waals surface area contributed by atoms with Crippen molar-refractivity contribution in [3.05, 3.63) is 39.1 Å². The molecule has 0 aliphatic carbocycles. The van der Waals surface area contributed by atoms with Crippen LogP contribution in [-0.4, -0.2) is 22.0 Å². The quantitative estimate of drug-likeness (QED) is 0.940. The monoisotopic (exact) mass is 328 g/mol. The maximum absolute atomic E-state index is 5.98. The number of halogens is 2. The first kappa shape index (κ1) is 13.5. The lowest BCUT2D eigenvalue weighted by molar-refractivity contribution is 0.627. The molecule has 1 unspecified atom stereocenters. The molecule has 2 aromatic rings. The largest absolute Gasteiger partial charge is 0.312 e. The van der Waals surface area contributed by atoms with E-state index < -0.39 is 0 Å². The lowest BCUT2D eigenvalue weighted by Crippen LogP contribution is -2.14. The van der Waals surface area contributed by atoms with Crippen LogP contribution in [0.15, 0.2) is 22.7 Å². The molecular formula is C12H14BrClN4. The van der Waals surface area contributed by atoms with Gasteiger partial charge >= 0.3 is 0 Å². The maximum atomic E-state index is 5.98. The van der Waals surface area contributed by atoms with E-state index in [2.05, 4.69) is 38.5 Å². The van der Waals surface area contributed by atoms with Gasteiger partial charge in [-0.15, -0.1) is 5.10 Å². The zero-order valence-corrected chi connectivity index (χ0v) is 12.7. The predicted molar refractivity (Wildman–Crippen MR) is 76.3 cm³/mol. The molecule has 1 N–H and O–H groups in total. The number of aromatic nitrogens is 3. The van der Waals surface area contributed by atoms with Gasteiger partial charge in [-0.05, 0) is 55.0 Å². The Morgan fingerprint density at radius 3 is 2.78 bits per heavy atom. The van der Waals surface area contributed by atoms with E-state index in [0.29, 0.717) is 5.02 Å². The zero-order valence-electron chi connectivity index (χ0n) is 10.4.